The normalized spacial score (nSPS) is 16.4. The number of aliphatic hydroxyl groups excluding tert-OH is 1. The van der Waals surface area contributed by atoms with Gasteiger partial charge in [0.2, 0.25) is 17.7 Å². The van der Waals surface area contributed by atoms with Crippen molar-refractivity contribution >= 4 is 23.7 Å². The highest BCUT2D eigenvalue weighted by Crippen LogP contribution is 2.07. The molecule has 0 aromatic carbocycles. The van der Waals surface area contributed by atoms with Crippen molar-refractivity contribution in [2.75, 3.05) is 6.54 Å². The van der Waals surface area contributed by atoms with Crippen molar-refractivity contribution in [1.29, 1.82) is 0 Å². The number of rotatable bonds is 12. The highest BCUT2D eigenvalue weighted by Gasteiger charge is 2.29. The van der Waals surface area contributed by atoms with Crippen LogP contribution in [0.15, 0.2) is 0 Å². The Bertz CT molecular complexity index is 552. The van der Waals surface area contributed by atoms with Crippen LogP contribution >= 0.6 is 0 Å². The third-order valence-corrected chi connectivity index (χ3v) is 4.34. The molecular weight excluding hydrogens is 368 g/mol. The number of amides is 3. The van der Waals surface area contributed by atoms with Crippen LogP contribution in [0.5, 0.6) is 0 Å². The maximum Gasteiger partial charge on any atom is 0.326 e. The molecule has 0 fully saturated rings. The maximum atomic E-state index is 12.3. The molecule has 10 heteroatoms. The van der Waals surface area contributed by atoms with E-state index in [1.807, 2.05) is 13.8 Å². The van der Waals surface area contributed by atoms with Gasteiger partial charge in [-0.15, -0.1) is 0 Å². The summed E-state index contributed by atoms with van der Waals surface area (Å²) in [6.45, 7) is 8.12. The van der Waals surface area contributed by atoms with Crippen LogP contribution in [-0.2, 0) is 19.2 Å². The molecule has 7 N–H and O–H groups in total. The summed E-state index contributed by atoms with van der Waals surface area (Å²) in [6, 6.07) is -3.19. The first-order valence-electron chi connectivity index (χ1n) is 9.44. The molecule has 5 unspecified atom stereocenters. The molecular formula is C18H34N4O6. The van der Waals surface area contributed by atoms with E-state index in [2.05, 4.69) is 16.0 Å². The summed E-state index contributed by atoms with van der Waals surface area (Å²) in [7, 11) is 0. The van der Waals surface area contributed by atoms with Gasteiger partial charge in [0.05, 0.1) is 18.7 Å². The van der Waals surface area contributed by atoms with Gasteiger partial charge in [-0.1, -0.05) is 34.1 Å². The van der Waals surface area contributed by atoms with Crippen molar-refractivity contribution in [1.82, 2.24) is 16.0 Å². The number of aliphatic carboxylic acids is 1. The van der Waals surface area contributed by atoms with Gasteiger partial charge in [-0.2, -0.15) is 0 Å². The molecule has 0 saturated carbocycles. The molecule has 0 saturated heterocycles. The lowest BCUT2D eigenvalue weighted by Crippen LogP contribution is -2.57. The zero-order chi connectivity index (χ0) is 22.0. The lowest BCUT2D eigenvalue weighted by Gasteiger charge is -2.24. The third-order valence-electron chi connectivity index (χ3n) is 4.34. The van der Waals surface area contributed by atoms with Crippen LogP contribution < -0.4 is 21.7 Å². The molecule has 0 heterocycles. The van der Waals surface area contributed by atoms with Crippen molar-refractivity contribution in [3.05, 3.63) is 0 Å². The van der Waals surface area contributed by atoms with E-state index >= 15 is 0 Å². The molecule has 0 aliphatic carbocycles. The van der Waals surface area contributed by atoms with E-state index < -0.39 is 54.5 Å². The van der Waals surface area contributed by atoms with Crippen LogP contribution in [-0.4, -0.2) is 64.7 Å². The molecule has 28 heavy (non-hydrogen) atoms. The predicted octanol–water partition coefficient (Wildman–Crippen LogP) is -1.04. The Kier molecular flexibility index (Phi) is 11.3. The van der Waals surface area contributed by atoms with Crippen molar-refractivity contribution in [2.24, 2.45) is 17.6 Å². The molecule has 0 bridgehead atoms. The number of carboxylic acid groups (broad SMARTS) is 1. The lowest BCUT2D eigenvalue weighted by molar-refractivity contribution is -0.143. The number of carbonyl (C=O) groups is 4. The summed E-state index contributed by atoms with van der Waals surface area (Å²) < 4.78 is 0. The first kappa shape index (κ1) is 25.8. The van der Waals surface area contributed by atoms with E-state index in [4.69, 9.17) is 5.73 Å². The lowest BCUT2D eigenvalue weighted by atomic mass is 9.99. The summed E-state index contributed by atoms with van der Waals surface area (Å²) in [6.07, 6.45) is -0.254. The number of carboxylic acids is 1. The Balaban J connectivity index is 4.79. The standard InChI is InChI=1S/C18H34N4O6/c1-6-10(4)14(18(27)28)21-13(24)8-20-17(26)15(11(5)23)22-16(25)12(19)7-9(2)3/h9-12,14-15,23H,6-8,19H2,1-5H3,(H,20,26)(H,21,24)(H,22,25)(H,27,28). The first-order valence-corrected chi connectivity index (χ1v) is 9.44. The van der Waals surface area contributed by atoms with Gasteiger partial charge in [-0.25, -0.2) is 4.79 Å². The molecule has 0 aliphatic heterocycles. The fourth-order valence-electron chi connectivity index (χ4n) is 2.47. The van der Waals surface area contributed by atoms with Gasteiger partial charge in [0.25, 0.3) is 0 Å². The molecule has 0 aliphatic rings. The second kappa shape index (κ2) is 12.3. The number of aliphatic hydroxyl groups is 1. The monoisotopic (exact) mass is 402 g/mol. The molecule has 0 rings (SSSR count). The molecule has 0 spiro atoms. The summed E-state index contributed by atoms with van der Waals surface area (Å²) in [5.74, 6) is -3.32. The Morgan fingerprint density at radius 3 is 1.96 bits per heavy atom. The highest BCUT2D eigenvalue weighted by molar-refractivity contribution is 5.92. The summed E-state index contributed by atoms with van der Waals surface area (Å²) in [5.41, 5.74) is 5.77. The van der Waals surface area contributed by atoms with Crippen molar-refractivity contribution in [3.8, 4) is 0 Å². The van der Waals surface area contributed by atoms with E-state index in [1.54, 1.807) is 13.8 Å². The zero-order valence-corrected chi connectivity index (χ0v) is 17.2. The summed E-state index contributed by atoms with van der Waals surface area (Å²) >= 11 is 0. The van der Waals surface area contributed by atoms with Gasteiger partial charge in [-0.3, -0.25) is 14.4 Å². The van der Waals surface area contributed by atoms with Crippen molar-refractivity contribution in [2.45, 2.75) is 71.7 Å². The van der Waals surface area contributed by atoms with Crippen LogP contribution in [0.2, 0.25) is 0 Å². The molecule has 3 amide bonds. The first-order chi connectivity index (χ1) is 12.9. The van der Waals surface area contributed by atoms with Gasteiger partial charge in [0.15, 0.2) is 0 Å². The second-order valence-electron chi connectivity index (χ2n) is 7.45. The largest absolute Gasteiger partial charge is 0.480 e. The Morgan fingerprint density at radius 1 is 0.964 bits per heavy atom. The van der Waals surface area contributed by atoms with Crippen LogP contribution in [0.4, 0.5) is 0 Å². The highest BCUT2D eigenvalue weighted by atomic mass is 16.4. The van der Waals surface area contributed by atoms with Gasteiger partial charge in [0.1, 0.15) is 12.1 Å². The summed E-state index contributed by atoms with van der Waals surface area (Å²) in [5, 5.41) is 26.0. The van der Waals surface area contributed by atoms with Crippen LogP contribution in [0.25, 0.3) is 0 Å². The van der Waals surface area contributed by atoms with E-state index in [0.29, 0.717) is 12.8 Å². The van der Waals surface area contributed by atoms with E-state index in [1.165, 1.54) is 6.92 Å². The van der Waals surface area contributed by atoms with Crippen molar-refractivity contribution < 1.29 is 29.4 Å². The number of hydrogen-bond acceptors (Lipinski definition) is 6. The number of hydrogen-bond donors (Lipinski definition) is 6. The predicted molar refractivity (Wildman–Crippen MR) is 103 cm³/mol. The van der Waals surface area contributed by atoms with E-state index in [0.717, 1.165) is 0 Å². The average molecular weight is 402 g/mol. The van der Waals surface area contributed by atoms with Gasteiger partial charge in [-0.05, 0) is 25.2 Å². The molecule has 5 atom stereocenters. The third kappa shape index (κ3) is 9.14. The molecule has 0 aromatic rings. The minimum atomic E-state index is -1.29. The van der Waals surface area contributed by atoms with Gasteiger partial charge < -0.3 is 31.9 Å². The summed E-state index contributed by atoms with van der Waals surface area (Å²) in [4.78, 5) is 47.6. The minimum Gasteiger partial charge on any atom is -0.480 e. The quantitative estimate of drug-likeness (QED) is 0.242. The number of nitrogens with two attached hydrogens (primary N) is 1. The smallest absolute Gasteiger partial charge is 0.326 e. The maximum absolute atomic E-state index is 12.3. The molecule has 0 radical (unpaired) electrons. The minimum absolute atomic E-state index is 0.177. The van der Waals surface area contributed by atoms with Gasteiger partial charge in [0, 0.05) is 0 Å². The Hall–Kier alpha value is -2.20. The average Bonchev–Trinajstić information content (AvgIpc) is 2.59. The molecule has 10 nitrogen and oxygen atoms in total. The SMILES string of the molecule is CCC(C)C(NC(=O)CNC(=O)C(NC(=O)C(N)CC(C)C)C(C)O)C(=O)O. The second-order valence-corrected chi connectivity index (χ2v) is 7.45. The van der Waals surface area contributed by atoms with Crippen LogP contribution in [0, 0.1) is 11.8 Å². The van der Waals surface area contributed by atoms with E-state index in [-0.39, 0.29) is 11.8 Å². The van der Waals surface area contributed by atoms with Crippen LogP contribution in [0.1, 0.15) is 47.5 Å². The fourth-order valence-corrected chi connectivity index (χ4v) is 2.47. The Labute approximate surface area is 165 Å². The molecule has 162 valence electrons. The Morgan fingerprint density at radius 2 is 1.54 bits per heavy atom. The molecule has 0 aromatic heterocycles. The number of carbonyl (C=O) groups excluding carboxylic acids is 3. The zero-order valence-electron chi connectivity index (χ0n) is 17.2. The van der Waals surface area contributed by atoms with Crippen LogP contribution in [0.3, 0.4) is 0 Å². The number of nitrogens with one attached hydrogen (secondary N) is 3. The topological polar surface area (TPSA) is 171 Å². The van der Waals surface area contributed by atoms with E-state index in [9.17, 15) is 29.4 Å². The fraction of sp³-hybridized carbons (Fsp3) is 0.778. The van der Waals surface area contributed by atoms with Crippen molar-refractivity contribution in [3.63, 3.8) is 0 Å². The van der Waals surface area contributed by atoms with Gasteiger partial charge >= 0.3 is 5.97 Å².